The summed E-state index contributed by atoms with van der Waals surface area (Å²) in [5, 5.41) is 4.30. The minimum atomic E-state index is -4.52. The summed E-state index contributed by atoms with van der Waals surface area (Å²) in [5.74, 6) is -0.471. The molecule has 0 unspecified atom stereocenters. The van der Waals surface area contributed by atoms with E-state index in [4.69, 9.17) is 11.6 Å². The van der Waals surface area contributed by atoms with Crippen LogP contribution in [0.5, 0.6) is 0 Å². The predicted molar refractivity (Wildman–Crippen MR) is 107 cm³/mol. The topological polar surface area (TPSA) is 46.4 Å². The molecule has 4 nitrogen and oxygen atoms in total. The third-order valence-corrected chi connectivity index (χ3v) is 5.48. The molecule has 0 fully saturated rings. The lowest BCUT2D eigenvalue weighted by Crippen LogP contribution is -2.16. The van der Waals surface area contributed by atoms with Crippen LogP contribution in [-0.2, 0) is 17.4 Å². The summed E-state index contributed by atoms with van der Waals surface area (Å²) in [6, 6.07) is 12.4. The minimum Gasteiger partial charge on any atom is -0.324 e. The molecule has 2 aromatic carbocycles. The van der Waals surface area contributed by atoms with Gasteiger partial charge in [0.25, 0.3) is 0 Å². The number of hydrogen-bond acceptors (Lipinski definition) is 3. The molecule has 9 heteroatoms. The number of fused-ring (bicyclic) bond motifs is 1. The molecule has 2 aromatic heterocycles. The van der Waals surface area contributed by atoms with E-state index in [1.54, 1.807) is 9.78 Å². The van der Waals surface area contributed by atoms with Crippen molar-refractivity contribution in [1.29, 1.82) is 0 Å². The summed E-state index contributed by atoms with van der Waals surface area (Å²) in [4.78, 5) is 17.7. The lowest BCUT2D eigenvalue weighted by Gasteiger charge is -2.11. The highest BCUT2D eigenvalue weighted by Gasteiger charge is 2.31. The van der Waals surface area contributed by atoms with E-state index >= 15 is 0 Å². The molecule has 0 aliphatic carbocycles. The molecule has 0 radical (unpaired) electrons. The summed E-state index contributed by atoms with van der Waals surface area (Å²) >= 11 is 7.33. The zero-order valence-corrected chi connectivity index (χ0v) is 16.3. The maximum atomic E-state index is 12.9. The molecule has 4 rings (SSSR count). The number of benzene rings is 2. The molecule has 148 valence electrons. The molecular formula is C20H13ClF3N3OS. The Morgan fingerprint density at radius 3 is 2.66 bits per heavy atom. The van der Waals surface area contributed by atoms with Crippen LogP contribution in [0, 0.1) is 0 Å². The third kappa shape index (κ3) is 4.13. The van der Waals surface area contributed by atoms with Crippen molar-refractivity contribution in [3.63, 3.8) is 0 Å². The van der Waals surface area contributed by atoms with Gasteiger partial charge in [-0.15, -0.1) is 11.3 Å². The number of anilines is 1. The molecule has 1 amide bonds. The normalized spacial score (nSPS) is 11.7. The number of thiazole rings is 1. The van der Waals surface area contributed by atoms with Gasteiger partial charge >= 0.3 is 6.18 Å². The third-order valence-electron chi connectivity index (χ3n) is 4.26. The number of nitrogens with zero attached hydrogens (tertiary/aromatic N) is 2. The van der Waals surface area contributed by atoms with Gasteiger partial charge in [-0.3, -0.25) is 9.20 Å². The van der Waals surface area contributed by atoms with Gasteiger partial charge in [0.05, 0.1) is 28.4 Å². The number of nitrogens with one attached hydrogen (secondary N) is 1. The van der Waals surface area contributed by atoms with Crippen LogP contribution in [0.3, 0.4) is 0 Å². The summed E-state index contributed by atoms with van der Waals surface area (Å²) < 4.78 is 40.5. The largest absolute Gasteiger partial charge is 0.416 e. The maximum absolute atomic E-state index is 12.9. The number of carbonyl (C=O) groups excluding carboxylic acids is 1. The second-order valence-corrected chi connectivity index (χ2v) is 7.53. The van der Waals surface area contributed by atoms with E-state index in [-0.39, 0.29) is 17.1 Å². The Hall–Kier alpha value is -2.84. The van der Waals surface area contributed by atoms with Gasteiger partial charge in [-0.2, -0.15) is 13.2 Å². The molecule has 0 aliphatic rings. The molecule has 4 aromatic rings. The SMILES string of the molecule is O=C(Cc1csc2nc(-c3ccccc3)cn12)Nc1cc(C(F)(F)F)ccc1Cl. The van der Waals surface area contributed by atoms with Crippen molar-refractivity contribution in [2.45, 2.75) is 12.6 Å². The second kappa shape index (κ2) is 7.53. The fourth-order valence-electron chi connectivity index (χ4n) is 2.86. The van der Waals surface area contributed by atoms with E-state index in [0.29, 0.717) is 5.69 Å². The van der Waals surface area contributed by atoms with E-state index in [9.17, 15) is 18.0 Å². The number of hydrogen-bond donors (Lipinski definition) is 1. The van der Waals surface area contributed by atoms with Crippen LogP contribution in [0.4, 0.5) is 18.9 Å². The molecule has 0 aliphatic heterocycles. The Kier molecular flexibility index (Phi) is 5.06. The first-order valence-electron chi connectivity index (χ1n) is 8.49. The van der Waals surface area contributed by atoms with Crippen LogP contribution in [0.15, 0.2) is 60.1 Å². The van der Waals surface area contributed by atoms with E-state index in [2.05, 4.69) is 10.3 Å². The summed E-state index contributed by atoms with van der Waals surface area (Å²) in [5.41, 5.74) is 1.46. The van der Waals surface area contributed by atoms with Crippen molar-refractivity contribution < 1.29 is 18.0 Å². The minimum absolute atomic E-state index is 0.0306. The molecule has 29 heavy (non-hydrogen) atoms. The van der Waals surface area contributed by atoms with Crippen molar-refractivity contribution >= 4 is 39.5 Å². The maximum Gasteiger partial charge on any atom is 0.416 e. The van der Waals surface area contributed by atoms with Crippen molar-refractivity contribution in [2.24, 2.45) is 0 Å². The van der Waals surface area contributed by atoms with Gasteiger partial charge in [-0.1, -0.05) is 41.9 Å². The average molecular weight is 436 g/mol. The molecule has 0 atom stereocenters. The van der Waals surface area contributed by atoms with Crippen LogP contribution in [0.1, 0.15) is 11.3 Å². The zero-order chi connectivity index (χ0) is 20.6. The number of halogens is 4. The van der Waals surface area contributed by atoms with E-state index in [1.807, 2.05) is 36.5 Å². The van der Waals surface area contributed by atoms with E-state index in [0.717, 1.165) is 34.4 Å². The highest BCUT2D eigenvalue weighted by Crippen LogP contribution is 2.34. The Morgan fingerprint density at radius 1 is 1.17 bits per heavy atom. The van der Waals surface area contributed by atoms with Gasteiger partial charge in [0.2, 0.25) is 5.91 Å². The predicted octanol–water partition coefficient (Wildman–Crippen LogP) is 5.92. The Morgan fingerprint density at radius 2 is 1.93 bits per heavy atom. The Labute approximate surface area is 172 Å². The van der Waals surface area contributed by atoms with Crippen LogP contribution in [0.2, 0.25) is 5.02 Å². The fraction of sp³-hybridized carbons (Fsp3) is 0.100. The smallest absolute Gasteiger partial charge is 0.324 e. The lowest BCUT2D eigenvalue weighted by molar-refractivity contribution is -0.137. The lowest BCUT2D eigenvalue weighted by atomic mass is 10.2. The summed E-state index contributed by atoms with van der Waals surface area (Å²) in [6.07, 6.45) is -2.72. The van der Waals surface area contributed by atoms with Crippen LogP contribution in [-0.4, -0.2) is 15.3 Å². The molecule has 0 saturated carbocycles. The monoisotopic (exact) mass is 435 g/mol. The Balaban J connectivity index is 1.55. The Bertz CT molecular complexity index is 1180. The van der Waals surface area contributed by atoms with Gasteiger partial charge in [-0.05, 0) is 18.2 Å². The van der Waals surface area contributed by atoms with Gasteiger partial charge in [-0.25, -0.2) is 4.98 Å². The number of rotatable bonds is 4. The van der Waals surface area contributed by atoms with Crippen LogP contribution in [0.25, 0.3) is 16.2 Å². The number of alkyl halides is 3. The fourth-order valence-corrected chi connectivity index (χ4v) is 3.90. The zero-order valence-electron chi connectivity index (χ0n) is 14.7. The first-order chi connectivity index (χ1) is 13.8. The second-order valence-electron chi connectivity index (χ2n) is 6.29. The van der Waals surface area contributed by atoms with Crippen molar-refractivity contribution in [2.75, 3.05) is 5.32 Å². The van der Waals surface area contributed by atoms with Crippen molar-refractivity contribution in [3.8, 4) is 11.3 Å². The highest BCUT2D eigenvalue weighted by atomic mass is 35.5. The standard InChI is InChI=1S/C20H13ClF3N3OS/c21-15-7-6-13(20(22,23)24)8-16(15)25-18(28)9-14-11-29-19-26-17(10-27(14)19)12-4-2-1-3-5-12/h1-8,10-11H,9H2,(H,25,28). The summed E-state index contributed by atoms with van der Waals surface area (Å²) in [7, 11) is 0. The number of amides is 1. The first-order valence-corrected chi connectivity index (χ1v) is 9.74. The van der Waals surface area contributed by atoms with Gasteiger partial charge < -0.3 is 5.32 Å². The van der Waals surface area contributed by atoms with Crippen molar-refractivity contribution in [1.82, 2.24) is 9.38 Å². The number of aromatic nitrogens is 2. The van der Waals surface area contributed by atoms with E-state index in [1.165, 1.54) is 11.3 Å². The van der Waals surface area contributed by atoms with Gasteiger partial charge in [0, 0.05) is 22.8 Å². The van der Waals surface area contributed by atoms with Gasteiger partial charge in [0.15, 0.2) is 4.96 Å². The van der Waals surface area contributed by atoms with Gasteiger partial charge in [0.1, 0.15) is 0 Å². The summed E-state index contributed by atoms with van der Waals surface area (Å²) in [6.45, 7) is 0. The molecule has 0 spiro atoms. The molecular weight excluding hydrogens is 423 g/mol. The van der Waals surface area contributed by atoms with Crippen molar-refractivity contribution in [3.05, 3.63) is 76.4 Å². The van der Waals surface area contributed by atoms with Crippen LogP contribution >= 0.6 is 22.9 Å². The highest BCUT2D eigenvalue weighted by molar-refractivity contribution is 7.15. The quantitative estimate of drug-likeness (QED) is 0.432. The number of imidazole rings is 1. The molecule has 2 heterocycles. The van der Waals surface area contributed by atoms with E-state index < -0.39 is 17.6 Å². The molecule has 1 N–H and O–H groups in total. The average Bonchev–Trinajstić information content (AvgIpc) is 3.25. The first kappa shape index (κ1) is 19.5. The van der Waals surface area contributed by atoms with Crippen LogP contribution < -0.4 is 5.32 Å². The molecule has 0 saturated heterocycles. The molecule has 0 bridgehead atoms. The number of carbonyl (C=O) groups is 1.